The molecule has 0 atom stereocenters. The van der Waals surface area contributed by atoms with Gasteiger partial charge in [-0.25, -0.2) is 0 Å². The lowest BCUT2D eigenvalue weighted by Crippen LogP contribution is -2.02. The molecule has 0 radical (unpaired) electrons. The number of ether oxygens (including phenoxy) is 2. The highest BCUT2D eigenvalue weighted by atomic mass is 35.5. The van der Waals surface area contributed by atoms with Gasteiger partial charge in [-0.3, -0.25) is 4.79 Å². The van der Waals surface area contributed by atoms with Gasteiger partial charge in [0.2, 0.25) is 0 Å². The number of hydrogen-bond donors (Lipinski definition) is 0. The highest BCUT2D eigenvalue weighted by molar-refractivity contribution is 6.30. The van der Waals surface area contributed by atoms with Crippen molar-refractivity contribution in [3.63, 3.8) is 0 Å². The SMILES string of the molecule is O=C(c1ccc(Cl)cc1)c1ccc(OCc2ccccc2Oc2ccccc2)cc1. The summed E-state index contributed by atoms with van der Waals surface area (Å²) in [6.45, 7) is 0.355. The molecule has 0 aromatic heterocycles. The molecule has 0 heterocycles. The molecule has 0 spiro atoms. The number of carbonyl (C=O) groups excluding carboxylic acids is 1. The molecule has 0 N–H and O–H groups in total. The van der Waals surface area contributed by atoms with E-state index in [4.69, 9.17) is 21.1 Å². The number of para-hydroxylation sites is 2. The standard InChI is InChI=1S/C26H19ClO3/c27-22-14-10-19(11-15-22)26(28)20-12-16-23(17-13-20)29-18-21-6-4-5-9-25(21)30-24-7-2-1-3-8-24/h1-17H,18H2. The zero-order valence-electron chi connectivity index (χ0n) is 16.1. The number of benzene rings is 4. The second-order valence-electron chi connectivity index (χ2n) is 6.67. The van der Waals surface area contributed by atoms with Crippen molar-refractivity contribution in [2.75, 3.05) is 0 Å². The normalized spacial score (nSPS) is 10.4. The molecule has 0 saturated carbocycles. The smallest absolute Gasteiger partial charge is 0.193 e. The number of carbonyl (C=O) groups is 1. The first-order chi connectivity index (χ1) is 14.7. The number of halogens is 1. The fraction of sp³-hybridized carbons (Fsp3) is 0.0385. The highest BCUT2D eigenvalue weighted by Crippen LogP contribution is 2.26. The van der Waals surface area contributed by atoms with Crippen LogP contribution in [0.5, 0.6) is 17.2 Å². The molecule has 3 nitrogen and oxygen atoms in total. The van der Waals surface area contributed by atoms with Gasteiger partial charge >= 0.3 is 0 Å². The van der Waals surface area contributed by atoms with Gasteiger partial charge in [-0.15, -0.1) is 0 Å². The molecule has 4 aromatic carbocycles. The summed E-state index contributed by atoms with van der Waals surface area (Å²) in [7, 11) is 0. The van der Waals surface area contributed by atoms with Crippen LogP contribution in [-0.2, 0) is 6.61 Å². The van der Waals surface area contributed by atoms with Gasteiger partial charge in [0.25, 0.3) is 0 Å². The maximum atomic E-state index is 12.6. The molecular formula is C26H19ClO3. The Balaban J connectivity index is 1.42. The third-order valence-corrected chi connectivity index (χ3v) is 4.81. The maximum Gasteiger partial charge on any atom is 0.193 e. The van der Waals surface area contributed by atoms with Crippen LogP contribution in [0.2, 0.25) is 5.02 Å². The van der Waals surface area contributed by atoms with Crippen molar-refractivity contribution >= 4 is 17.4 Å². The van der Waals surface area contributed by atoms with E-state index in [0.717, 1.165) is 17.1 Å². The molecule has 0 aliphatic carbocycles. The Hall–Kier alpha value is -3.56. The van der Waals surface area contributed by atoms with Crippen molar-refractivity contribution < 1.29 is 14.3 Å². The van der Waals surface area contributed by atoms with E-state index in [9.17, 15) is 4.79 Å². The molecule has 148 valence electrons. The van der Waals surface area contributed by atoms with Crippen LogP contribution < -0.4 is 9.47 Å². The summed E-state index contributed by atoms with van der Waals surface area (Å²) < 4.78 is 11.9. The maximum absolute atomic E-state index is 12.6. The Morgan fingerprint density at radius 1 is 0.667 bits per heavy atom. The van der Waals surface area contributed by atoms with Crippen molar-refractivity contribution in [2.45, 2.75) is 6.61 Å². The molecule has 0 saturated heterocycles. The van der Waals surface area contributed by atoms with E-state index in [1.807, 2.05) is 54.6 Å². The minimum Gasteiger partial charge on any atom is -0.489 e. The summed E-state index contributed by atoms with van der Waals surface area (Å²) >= 11 is 5.89. The molecule has 0 fully saturated rings. The van der Waals surface area contributed by atoms with Crippen LogP contribution in [0.15, 0.2) is 103 Å². The van der Waals surface area contributed by atoms with E-state index in [0.29, 0.717) is 28.5 Å². The minimum atomic E-state index is -0.0557. The monoisotopic (exact) mass is 414 g/mol. The van der Waals surface area contributed by atoms with Crippen LogP contribution in [0, 0.1) is 0 Å². The third kappa shape index (κ3) is 4.88. The van der Waals surface area contributed by atoms with Crippen LogP contribution in [0.3, 0.4) is 0 Å². The van der Waals surface area contributed by atoms with E-state index in [1.165, 1.54) is 0 Å². The summed E-state index contributed by atoms with van der Waals surface area (Å²) in [5.41, 5.74) is 2.13. The average Bonchev–Trinajstić information content (AvgIpc) is 2.80. The fourth-order valence-electron chi connectivity index (χ4n) is 2.97. The van der Waals surface area contributed by atoms with Crippen LogP contribution in [0.4, 0.5) is 0 Å². The van der Waals surface area contributed by atoms with Crippen LogP contribution >= 0.6 is 11.6 Å². The number of ketones is 1. The summed E-state index contributed by atoms with van der Waals surface area (Å²) in [4.78, 5) is 12.6. The first kappa shape index (κ1) is 19.7. The van der Waals surface area contributed by atoms with Crippen LogP contribution in [0.1, 0.15) is 21.5 Å². The Bertz CT molecular complexity index is 1120. The van der Waals surface area contributed by atoms with Gasteiger partial charge in [0, 0.05) is 21.7 Å². The molecular weight excluding hydrogens is 396 g/mol. The van der Waals surface area contributed by atoms with Crippen molar-refractivity contribution in [3.8, 4) is 17.2 Å². The van der Waals surface area contributed by atoms with Gasteiger partial charge < -0.3 is 9.47 Å². The van der Waals surface area contributed by atoms with Crippen molar-refractivity contribution in [1.82, 2.24) is 0 Å². The van der Waals surface area contributed by atoms with E-state index in [1.54, 1.807) is 48.5 Å². The molecule has 0 bridgehead atoms. The van der Waals surface area contributed by atoms with Gasteiger partial charge in [0.05, 0.1) is 0 Å². The first-order valence-corrected chi connectivity index (χ1v) is 9.91. The molecule has 4 aromatic rings. The number of rotatable bonds is 7. The zero-order chi connectivity index (χ0) is 20.8. The fourth-order valence-corrected chi connectivity index (χ4v) is 3.10. The summed E-state index contributed by atoms with van der Waals surface area (Å²) in [5, 5.41) is 0.604. The Kier molecular flexibility index (Phi) is 6.11. The second-order valence-corrected chi connectivity index (χ2v) is 7.11. The van der Waals surface area contributed by atoms with Crippen LogP contribution in [0.25, 0.3) is 0 Å². The topological polar surface area (TPSA) is 35.5 Å². The Morgan fingerprint density at radius 2 is 1.27 bits per heavy atom. The average molecular weight is 415 g/mol. The van der Waals surface area contributed by atoms with E-state index in [-0.39, 0.29) is 5.78 Å². The van der Waals surface area contributed by atoms with Gasteiger partial charge in [-0.2, -0.15) is 0 Å². The predicted octanol–water partition coefficient (Wildman–Crippen LogP) is 6.94. The van der Waals surface area contributed by atoms with Gasteiger partial charge in [0.1, 0.15) is 23.9 Å². The van der Waals surface area contributed by atoms with Gasteiger partial charge in [0.15, 0.2) is 5.78 Å². The summed E-state index contributed by atoms with van der Waals surface area (Å²) in [5.74, 6) is 2.14. The molecule has 4 heteroatoms. The van der Waals surface area contributed by atoms with Crippen molar-refractivity contribution in [3.05, 3.63) is 125 Å². The first-order valence-electron chi connectivity index (χ1n) is 9.53. The summed E-state index contributed by atoms with van der Waals surface area (Å²) in [6, 6.07) is 31.4. The molecule has 0 amide bonds. The highest BCUT2D eigenvalue weighted by Gasteiger charge is 2.10. The molecule has 0 aliphatic heterocycles. The predicted molar refractivity (Wildman–Crippen MR) is 119 cm³/mol. The van der Waals surface area contributed by atoms with E-state index >= 15 is 0 Å². The second kappa shape index (κ2) is 9.29. The van der Waals surface area contributed by atoms with Crippen molar-refractivity contribution in [2.24, 2.45) is 0 Å². The quantitative estimate of drug-likeness (QED) is 0.307. The molecule has 4 rings (SSSR count). The molecule has 0 unspecified atom stereocenters. The van der Waals surface area contributed by atoms with Crippen LogP contribution in [-0.4, -0.2) is 5.78 Å². The molecule has 0 aliphatic rings. The largest absolute Gasteiger partial charge is 0.489 e. The Labute approximate surface area is 180 Å². The Morgan fingerprint density at radius 3 is 1.97 bits per heavy atom. The lowest BCUT2D eigenvalue weighted by molar-refractivity contribution is 0.103. The number of hydrogen-bond acceptors (Lipinski definition) is 3. The van der Waals surface area contributed by atoms with E-state index < -0.39 is 0 Å². The third-order valence-electron chi connectivity index (χ3n) is 4.56. The zero-order valence-corrected chi connectivity index (χ0v) is 16.9. The summed E-state index contributed by atoms with van der Waals surface area (Å²) in [6.07, 6.45) is 0. The van der Waals surface area contributed by atoms with Gasteiger partial charge in [-0.1, -0.05) is 48.0 Å². The van der Waals surface area contributed by atoms with Gasteiger partial charge in [-0.05, 0) is 66.7 Å². The minimum absolute atomic E-state index is 0.0557. The van der Waals surface area contributed by atoms with Crippen molar-refractivity contribution in [1.29, 1.82) is 0 Å². The lowest BCUT2D eigenvalue weighted by Gasteiger charge is -2.12. The molecule has 30 heavy (non-hydrogen) atoms. The van der Waals surface area contributed by atoms with E-state index in [2.05, 4.69) is 0 Å². The lowest BCUT2D eigenvalue weighted by atomic mass is 10.0.